The molecule has 0 saturated carbocycles. The van der Waals surface area contributed by atoms with Crippen LogP contribution in [0.4, 0.5) is 0 Å². The number of nitrogens with one attached hydrogen (secondary N) is 1. The molecule has 3 rings (SSSR count). The molecule has 7 heteroatoms. The zero-order chi connectivity index (χ0) is 19.2. The first kappa shape index (κ1) is 19.1. The molecule has 0 aliphatic carbocycles. The SMILES string of the molecule is CCCC(=O)N1CCCN(C(=O)CCc2nc3ccccc3[nH]c2=O)CC1. The number of H-pyrrole nitrogens is 1. The second kappa shape index (κ2) is 8.79. The van der Waals surface area contributed by atoms with E-state index in [4.69, 9.17) is 0 Å². The van der Waals surface area contributed by atoms with Gasteiger partial charge >= 0.3 is 0 Å². The standard InChI is InChI=1S/C20H26N4O3/c1-2-6-18(25)23-11-5-12-24(14-13-23)19(26)10-9-17-20(27)22-16-8-4-3-7-15(16)21-17/h3-4,7-8H,2,5-6,9-14H2,1H3,(H,22,27). The van der Waals surface area contributed by atoms with Gasteiger partial charge in [0.05, 0.1) is 11.0 Å². The van der Waals surface area contributed by atoms with E-state index in [1.807, 2.05) is 36.1 Å². The van der Waals surface area contributed by atoms with Crippen molar-refractivity contribution in [3.05, 3.63) is 40.3 Å². The van der Waals surface area contributed by atoms with Crippen LogP contribution in [0.2, 0.25) is 0 Å². The van der Waals surface area contributed by atoms with E-state index in [9.17, 15) is 14.4 Å². The van der Waals surface area contributed by atoms with Gasteiger partial charge in [-0.15, -0.1) is 0 Å². The highest BCUT2D eigenvalue weighted by Gasteiger charge is 2.21. The lowest BCUT2D eigenvalue weighted by Crippen LogP contribution is -2.37. The molecule has 0 spiro atoms. The summed E-state index contributed by atoms with van der Waals surface area (Å²) < 4.78 is 0. The first-order valence-corrected chi connectivity index (χ1v) is 9.62. The van der Waals surface area contributed by atoms with Gasteiger partial charge in [0.25, 0.3) is 5.56 Å². The van der Waals surface area contributed by atoms with E-state index < -0.39 is 0 Å². The van der Waals surface area contributed by atoms with Crippen LogP contribution >= 0.6 is 0 Å². The average molecular weight is 370 g/mol. The normalized spacial score (nSPS) is 15.0. The number of nitrogens with zero attached hydrogens (tertiary/aromatic N) is 3. The van der Waals surface area contributed by atoms with Gasteiger partial charge in [-0.2, -0.15) is 0 Å². The Morgan fingerprint density at radius 1 is 1.04 bits per heavy atom. The lowest BCUT2D eigenvalue weighted by molar-refractivity contribution is -0.133. The summed E-state index contributed by atoms with van der Waals surface area (Å²) in [4.78, 5) is 47.7. The molecular formula is C20H26N4O3. The number of carbonyl (C=O) groups excluding carboxylic acids is 2. The summed E-state index contributed by atoms with van der Waals surface area (Å²) in [6.45, 7) is 4.48. The molecular weight excluding hydrogens is 344 g/mol. The van der Waals surface area contributed by atoms with Crippen LogP contribution in [0.25, 0.3) is 11.0 Å². The number of amides is 2. The number of aromatic nitrogens is 2. The van der Waals surface area contributed by atoms with Crippen molar-refractivity contribution in [3.8, 4) is 0 Å². The van der Waals surface area contributed by atoms with Crippen LogP contribution in [0, 0.1) is 0 Å². The van der Waals surface area contributed by atoms with E-state index in [0.29, 0.717) is 50.2 Å². The summed E-state index contributed by atoms with van der Waals surface area (Å²) in [5.74, 6) is 0.174. The fraction of sp³-hybridized carbons (Fsp3) is 0.500. The molecule has 7 nitrogen and oxygen atoms in total. The second-order valence-corrected chi connectivity index (χ2v) is 6.89. The molecule has 1 aromatic heterocycles. The Labute approximate surface area is 158 Å². The molecule has 0 bridgehead atoms. The topological polar surface area (TPSA) is 86.4 Å². The van der Waals surface area contributed by atoms with Crippen LogP contribution in [0.5, 0.6) is 0 Å². The molecule has 0 radical (unpaired) electrons. The van der Waals surface area contributed by atoms with Gasteiger partial charge in [-0.25, -0.2) is 4.98 Å². The van der Waals surface area contributed by atoms with Gasteiger partial charge in [0.1, 0.15) is 5.69 Å². The number of fused-ring (bicyclic) bond motifs is 1. The van der Waals surface area contributed by atoms with Gasteiger partial charge in [-0.1, -0.05) is 19.1 Å². The zero-order valence-electron chi connectivity index (χ0n) is 15.7. The van der Waals surface area contributed by atoms with Gasteiger partial charge in [0.15, 0.2) is 0 Å². The number of hydrogen-bond donors (Lipinski definition) is 1. The van der Waals surface area contributed by atoms with E-state index in [1.54, 1.807) is 4.90 Å². The monoisotopic (exact) mass is 370 g/mol. The van der Waals surface area contributed by atoms with Crippen molar-refractivity contribution in [2.45, 2.75) is 39.0 Å². The van der Waals surface area contributed by atoms with Crippen molar-refractivity contribution in [1.82, 2.24) is 19.8 Å². The van der Waals surface area contributed by atoms with E-state index in [2.05, 4.69) is 9.97 Å². The van der Waals surface area contributed by atoms with Crippen LogP contribution in [-0.2, 0) is 16.0 Å². The lowest BCUT2D eigenvalue weighted by Gasteiger charge is -2.22. The Bertz CT molecular complexity index is 877. The maximum absolute atomic E-state index is 12.6. The Hall–Kier alpha value is -2.70. The Morgan fingerprint density at radius 3 is 2.41 bits per heavy atom. The highest BCUT2D eigenvalue weighted by atomic mass is 16.2. The molecule has 0 atom stereocenters. The van der Waals surface area contributed by atoms with E-state index in [-0.39, 0.29) is 23.8 Å². The third-order valence-electron chi connectivity index (χ3n) is 4.91. The Morgan fingerprint density at radius 2 is 1.70 bits per heavy atom. The largest absolute Gasteiger partial charge is 0.341 e. The maximum Gasteiger partial charge on any atom is 0.270 e. The fourth-order valence-electron chi connectivity index (χ4n) is 3.41. The van der Waals surface area contributed by atoms with Gasteiger partial charge in [0.2, 0.25) is 11.8 Å². The zero-order valence-corrected chi connectivity index (χ0v) is 15.7. The highest BCUT2D eigenvalue weighted by molar-refractivity contribution is 5.78. The minimum Gasteiger partial charge on any atom is -0.341 e. The summed E-state index contributed by atoms with van der Waals surface area (Å²) in [7, 11) is 0. The van der Waals surface area contributed by atoms with E-state index in [0.717, 1.165) is 18.4 Å². The maximum atomic E-state index is 12.6. The number of benzene rings is 1. The molecule has 2 amide bonds. The van der Waals surface area contributed by atoms with Crippen LogP contribution in [0.15, 0.2) is 29.1 Å². The van der Waals surface area contributed by atoms with Crippen molar-refractivity contribution in [2.24, 2.45) is 0 Å². The summed E-state index contributed by atoms with van der Waals surface area (Å²) in [5, 5.41) is 0. The van der Waals surface area contributed by atoms with Crippen molar-refractivity contribution in [1.29, 1.82) is 0 Å². The highest BCUT2D eigenvalue weighted by Crippen LogP contribution is 2.10. The quantitative estimate of drug-likeness (QED) is 0.868. The Kier molecular flexibility index (Phi) is 6.21. The second-order valence-electron chi connectivity index (χ2n) is 6.89. The molecule has 0 unspecified atom stereocenters. The summed E-state index contributed by atoms with van der Waals surface area (Å²) in [5.41, 5.74) is 1.56. The first-order valence-electron chi connectivity index (χ1n) is 9.62. The molecule has 1 fully saturated rings. The van der Waals surface area contributed by atoms with Gasteiger partial charge < -0.3 is 14.8 Å². The third kappa shape index (κ3) is 4.72. The molecule has 2 aromatic rings. The molecule has 144 valence electrons. The van der Waals surface area contributed by atoms with Gasteiger partial charge in [-0.3, -0.25) is 14.4 Å². The molecule has 2 heterocycles. The van der Waals surface area contributed by atoms with Crippen molar-refractivity contribution >= 4 is 22.8 Å². The molecule has 1 N–H and O–H groups in total. The van der Waals surface area contributed by atoms with Crippen LogP contribution in [0.1, 0.15) is 38.3 Å². The lowest BCUT2D eigenvalue weighted by atomic mass is 10.2. The number of carbonyl (C=O) groups is 2. The summed E-state index contributed by atoms with van der Waals surface area (Å²) in [6.07, 6.45) is 2.75. The number of para-hydroxylation sites is 2. The van der Waals surface area contributed by atoms with Crippen LogP contribution in [-0.4, -0.2) is 57.8 Å². The minimum absolute atomic E-state index is 0.00847. The molecule has 27 heavy (non-hydrogen) atoms. The number of aryl methyl sites for hydroxylation is 1. The predicted octanol–water partition coefficient (Wildman–Crippen LogP) is 1.72. The van der Waals surface area contributed by atoms with E-state index in [1.165, 1.54) is 0 Å². The van der Waals surface area contributed by atoms with E-state index >= 15 is 0 Å². The van der Waals surface area contributed by atoms with Gasteiger partial charge in [0, 0.05) is 45.4 Å². The van der Waals surface area contributed by atoms with Crippen LogP contribution in [0.3, 0.4) is 0 Å². The summed E-state index contributed by atoms with van der Waals surface area (Å²) >= 11 is 0. The van der Waals surface area contributed by atoms with Crippen molar-refractivity contribution in [2.75, 3.05) is 26.2 Å². The average Bonchev–Trinajstić information content (AvgIpc) is 2.92. The van der Waals surface area contributed by atoms with Crippen LogP contribution < -0.4 is 5.56 Å². The number of rotatable bonds is 5. The fourth-order valence-corrected chi connectivity index (χ4v) is 3.41. The van der Waals surface area contributed by atoms with Crippen molar-refractivity contribution in [3.63, 3.8) is 0 Å². The minimum atomic E-state index is -0.242. The number of aromatic amines is 1. The number of hydrogen-bond acceptors (Lipinski definition) is 4. The first-order chi connectivity index (χ1) is 13.1. The molecule has 1 saturated heterocycles. The molecule has 1 aliphatic heterocycles. The molecule has 1 aliphatic rings. The predicted molar refractivity (Wildman–Crippen MR) is 103 cm³/mol. The Balaban J connectivity index is 1.59. The summed E-state index contributed by atoms with van der Waals surface area (Å²) in [6, 6.07) is 7.36. The van der Waals surface area contributed by atoms with Crippen molar-refractivity contribution < 1.29 is 9.59 Å². The van der Waals surface area contributed by atoms with Gasteiger partial charge in [-0.05, 0) is 25.0 Å². The molecule has 1 aromatic carbocycles. The third-order valence-corrected chi connectivity index (χ3v) is 4.91. The smallest absolute Gasteiger partial charge is 0.270 e.